The second-order valence-corrected chi connectivity index (χ2v) is 5.47. The van der Waals surface area contributed by atoms with Crippen LogP contribution in [0.15, 0.2) is 18.2 Å². The van der Waals surface area contributed by atoms with Gasteiger partial charge in [-0.15, -0.1) is 0 Å². The van der Waals surface area contributed by atoms with Crippen molar-refractivity contribution in [3.63, 3.8) is 0 Å². The van der Waals surface area contributed by atoms with Gasteiger partial charge in [0.1, 0.15) is 5.75 Å². The van der Waals surface area contributed by atoms with Crippen molar-refractivity contribution in [1.82, 2.24) is 5.32 Å². The first-order chi connectivity index (χ1) is 7.85. The Morgan fingerprint density at radius 1 is 1.53 bits per heavy atom. The smallest absolute Gasteiger partial charge is 0.251 e. The van der Waals surface area contributed by atoms with Crippen LogP contribution in [0.5, 0.6) is 5.75 Å². The SMILES string of the molecule is COC(C)(C)CNC(=O)c1ccc(I)c(O)c1. The Morgan fingerprint density at radius 3 is 2.71 bits per heavy atom. The average molecular weight is 349 g/mol. The standard InChI is InChI=1S/C12H16INO3/c1-12(2,17-3)7-14-11(16)8-4-5-9(13)10(15)6-8/h4-6,15H,7H2,1-3H3,(H,14,16). The van der Waals surface area contributed by atoms with Crippen LogP contribution in [-0.4, -0.2) is 30.3 Å². The third-order valence-electron chi connectivity index (χ3n) is 2.44. The number of halogens is 1. The molecule has 0 bridgehead atoms. The molecule has 0 saturated carbocycles. The minimum atomic E-state index is -0.402. The Kier molecular flexibility index (Phi) is 4.76. The summed E-state index contributed by atoms with van der Waals surface area (Å²) in [7, 11) is 1.60. The monoisotopic (exact) mass is 349 g/mol. The van der Waals surface area contributed by atoms with E-state index in [1.807, 2.05) is 36.4 Å². The number of ether oxygens (including phenoxy) is 1. The Hall–Kier alpha value is -0.820. The fraction of sp³-hybridized carbons (Fsp3) is 0.417. The van der Waals surface area contributed by atoms with E-state index in [0.29, 0.717) is 12.1 Å². The molecule has 0 saturated heterocycles. The molecule has 0 radical (unpaired) electrons. The molecule has 5 heteroatoms. The highest BCUT2D eigenvalue weighted by atomic mass is 127. The molecule has 1 aromatic carbocycles. The molecule has 0 spiro atoms. The Bertz CT molecular complexity index is 418. The molecule has 4 nitrogen and oxygen atoms in total. The number of hydrogen-bond donors (Lipinski definition) is 2. The third-order valence-corrected chi connectivity index (χ3v) is 3.35. The molecule has 94 valence electrons. The molecular formula is C12H16INO3. The van der Waals surface area contributed by atoms with Crippen LogP contribution in [0.1, 0.15) is 24.2 Å². The number of phenolic OH excluding ortho intramolecular Hbond substituents is 1. The van der Waals surface area contributed by atoms with E-state index in [2.05, 4.69) is 5.32 Å². The maximum absolute atomic E-state index is 11.8. The van der Waals surface area contributed by atoms with Crippen molar-refractivity contribution in [2.75, 3.05) is 13.7 Å². The minimum absolute atomic E-state index is 0.115. The van der Waals surface area contributed by atoms with E-state index in [4.69, 9.17) is 4.74 Å². The first kappa shape index (κ1) is 14.2. The van der Waals surface area contributed by atoms with Crippen LogP contribution < -0.4 is 5.32 Å². The summed E-state index contributed by atoms with van der Waals surface area (Å²) in [5.41, 5.74) is 0.0378. The fourth-order valence-corrected chi connectivity index (χ4v) is 1.46. The second kappa shape index (κ2) is 5.68. The van der Waals surface area contributed by atoms with Gasteiger partial charge in [0.2, 0.25) is 0 Å². The van der Waals surface area contributed by atoms with Crippen molar-refractivity contribution in [3.8, 4) is 5.75 Å². The van der Waals surface area contributed by atoms with Crippen molar-refractivity contribution < 1.29 is 14.6 Å². The third kappa shape index (κ3) is 4.16. The minimum Gasteiger partial charge on any atom is -0.507 e. The van der Waals surface area contributed by atoms with Crippen LogP contribution in [0.3, 0.4) is 0 Å². The normalized spacial score (nSPS) is 11.3. The predicted octanol–water partition coefficient (Wildman–Crippen LogP) is 2.15. The van der Waals surface area contributed by atoms with Gasteiger partial charge < -0.3 is 15.2 Å². The van der Waals surface area contributed by atoms with E-state index in [9.17, 15) is 9.90 Å². The zero-order valence-electron chi connectivity index (χ0n) is 10.1. The molecule has 0 aliphatic carbocycles. The number of rotatable bonds is 4. The summed E-state index contributed by atoms with van der Waals surface area (Å²) < 4.78 is 5.92. The van der Waals surface area contributed by atoms with E-state index in [1.54, 1.807) is 19.2 Å². The summed E-state index contributed by atoms with van der Waals surface area (Å²) in [4.78, 5) is 11.8. The molecule has 0 fully saturated rings. The largest absolute Gasteiger partial charge is 0.507 e. The van der Waals surface area contributed by atoms with Crippen LogP contribution in [0, 0.1) is 3.57 Å². The average Bonchev–Trinajstić information content (AvgIpc) is 2.30. The number of aromatic hydroxyl groups is 1. The highest BCUT2D eigenvalue weighted by Crippen LogP contribution is 2.20. The lowest BCUT2D eigenvalue weighted by Crippen LogP contribution is -2.39. The summed E-state index contributed by atoms with van der Waals surface area (Å²) in [6.07, 6.45) is 0. The van der Waals surface area contributed by atoms with Crippen LogP contribution in [0.4, 0.5) is 0 Å². The Balaban J connectivity index is 2.68. The highest BCUT2D eigenvalue weighted by Gasteiger charge is 2.18. The number of nitrogens with one attached hydrogen (secondary N) is 1. The summed E-state index contributed by atoms with van der Waals surface area (Å²) in [5, 5.41) is 12.3. The molecule has 0 aliphatic heterocycles. The molecule has 0 unspecified atom stereocenters. The summed E-state index contributed by atoms with van der Waals surface area (Å²) in [6, 6.07) is 4.83. The lowest BCUT2D eigenvalue weighted by Gasteiger charge is -2.23. The van der Waals surface area contributed by atoms with Gasteiger partial charge in [-0.1, -0.05) is 0 Å². The van der Waals surface area contributed by atoms with Crippen molar-refractivity contribution in [3.05, 3.63) is 27.3 Å². The van der Waals surface area contributed by atoms with Gasteiger partial charge in [-0.3, -0.25) is 4.79 Å². The zero-order valence-corrected chi connectivity index (χ0v) is 12.2. The molecule has 2 N–H and O–H groups in total. The van der Waals surface area contributed by atoms with Crippen LogP contribution in [0.2, 0.25) is 0 Å². The predicted molar refractivity (Wildman–Crippen MR) is 74.2 cm³/mol. The van der Waals surface area contributed by atoms with Gasteiger partial charge in [0, 0.05) is 19.2 Å². The second-order valence-electron chi connectivity index (χ2n) is 4.31. The molecule has 0 aromatic heterocycles. The number of hydrogen-bond acceptors (Lipinski definition) is 3. The van der Waals surface area contributed by atoms with Crippen LogP contribution in [-0.2, 0) is 4.74 Å². The molecule has 0 heterocycles. The number of carbonyl (C=O) groups excluding carboxylic acids is 1. The first-order valence-electron chi connectivity index (χ1n) is 5.17. The number of carbonyl (C=O) groups is 1. The van der Waals surface area contributed by atoms with E-state index >= 15 is 0 Å². The first-order valence-corrected chi connectivity index (χ1v) is 6.25. The van der Waals surface area contributed by atoms with E-state index in [-0.39, 0.29) is 11.7 Å². The van der Waals surface area contributed by atoms with Crippen molar-refractivity contribution in [1.29, 1.82) is 0 Å². The topological polar surface area (TPSA) is 58.6 Å². The van der Waals surface area contributed by atoms with Crippen LogP contribution in [0.25, 0.3) is 0 Å². The van der Waals surface area contributed by atoms with Crippen molar-refractivity contribution in [2.24, 2.45) is 0 Å². The molecule has 1 rings (SSSR count). The molecule has 0 aliphatic rings. The van der Waals surface area contributed by atoms with E-state index in [0.717, 1.165) is 3.57 Å². The van der Waals surface area contributed by atoms with Gasteiger partial charge in [-0.05, 0) is 54.6 Å². The van der Waals surface area contributed by atoms with Gasteiger partial charge in [0.15, 0.2) is 0 Å². The number of methoxy groups -OCH3 is 1. The number of phenols is 1. The van der Waals surface area contributed by atoms with E-state index < -0.39 is 5.60 Å². The number of amides is 1. The van der Waals surface area contributed by atoms with Gasteiger partial charge >= 0.3 is 0 Å². The maximum Gasteiger partial charge on any atom is 0.251 e. The summed E-state index contributed by atoms with van der Waals surface area (Å²) >= 11 is 2.00. The summed E-state index contributed by atoms with van der Waals surface area (Å²) in [6.45, 7) is 4.19. The van der Waals surface area contributed by atoms with E-state index in [1.165, 1.54) is 6.07 Å². The lowest BCUT2D eigenvalue weighted by molar-refractivity contribution is 0.0229. The quantitative estimate of drug-likeness (QED) is 0.819. The van der Waals surface area contributed by atoms with Crippen molar-refractivity contribution >= 4 is 28.5 Å². The number of benzene rings is 1. The van der Waals surface area contributed by atoms with Gasteiger partial charge in [-0.25, -0.2) is 0 Å². The van der Waals surface area contributed by atoms with Gasteiger partial charge in [0.05, 0.1) is 9.17 Å². The van der Waals surface area contributed by atoms with Gasteiger partial charge in [-0.2, -0.15) is 0 Å². The molecule has 1 aromatic rings. The Labute approximate surface area is 115 Å². The fourth-order valence-electron chi connectivity index (χ4n) is 1.12. The van der Waals surface area contributed by atoms with Crippen LogP contribution >= 0.6 is 22.6 Å². The zero-order chi connectivity index (χ0) is 13.1. The molecule has 1 amide bonds. The molecule has 17 heavy (non-hydrogen) atoms. The molecular weight excluding hydrogens is 333 g/mol. The van der Waals surface area contributed by atoms with Crippen molar-refractivity contribution in [2.45, 2.75) is 19.4 Å². The lowest BCUT2D eigenvalue weighted by atomic mass is 10.1. The Morgan fingerprint density at radius 2 is 2.18 bits per heavy atom. The van der Waals surface area contributed by atoms with Gasteiger partial charge in [0.25, 0.3) is 5.91 Å². The maximum atomic E-state index is 11.8. The summed E-state index contributed by atoms with van der Waals surface area (Å²) in [5.74, 6) is -0.105. The highest BCUT2D eigenvalue weighted by molar-refractivity contribution is 14.1. The molecule has 0 atom stereocenters.